The van der Waals surface area contributed by atoms with Crippen molar-refractivity contribution in [3.63, 3.8) is 0 Å². The van der Waals surface area contributed by atoms with E-state index in [1.54, 1.807) is 12.1 Å². The summed E-state index contributed by atoms with van der Waals surface area (Å²) in [6.45, 7) is 5.45. The van der Waals surface area contributed by atoms with Gasteiger partial charge in [-0.05, 0) is 31.9 Å². The number of hydrogen-bond acceptors (Lipinski definition) is 3. The summed E-state index contributed by atoms with van der Waals surface area (Å²) >= 11 is 0. The van der Waals surface area contributed by atoms with Gasteiger partial charge in [0.1, 0.15) is 10.1 Å². The molecule has 0 bridgehead atoms. The molecule has 0 amide bonds. The Morgan fingerprint density at radius 2 is 0.970 bits per heavy atom. The Hall–Kier alpha value is -0.910. The molecule has 0 atom stereocenters. The van der Waals surface area contributed by atoms with Crippen LogP contribution in [0.2, 0.25) is 0 Å². The third-order valence-corrected chi connectivity index (χ3v) is 6.84. The molecule has 1 aromatic rings. The van der Waals surface area contributed by atoms with E-state index < -0.39 is 10.1 Å². The predicted octanol–water partition coefficient (Wildman–Crippen LogP) is 7.85. The fourth-order valence-electron chi connectivity index (χ4n) is 3.84. The molecule has 0 heterocycles. The van der Waals surface area contributed by atoms with Gasteiger partial charge in [0.2, 0.25) is 0 Å². The molecule has 33 heavy (non-hydrogen) atoms. The van der Waals surface area contributed by atoms with E-state index in [-0.39, 0.29) is 4.90 Å². The largest absolute Gasteiger partial charge is 0.744 e. The molecule has 4 nitrogen and oxygen atoms in total. The smallest absolute Gasteiger partial charge is 0.124 e. The fourth-order valence-corrected chi connectivity index (χ4v) is 4.31. The van der Waals surface area contributed by atoms with Gasteiger partial charge in [0.05, 0.1) is 32.6 Å². The molecule has 194 valence electrons. The van der Waals surface area contributed by atoms with Gasteiger partial charge in [0.15, 0.2) is 0 Å². The summed E-state index contributed by atoms with van der Waals surface area (Å²) in [6.07, 6.45) is 23.4. The van der Waals surface area contributed by atoms with E-state index in [9.17, 15) is 13.0 Å². The molecular weight excluding hydrogens is 430 g/mol. The molecular formula is C28H53NO3S. The molecule has 0 aliphatic heterocycles. The van der Waals surface area contributed by atoms with Gasteiger partial charge < -0.3 is 9.04 Å². The van der Waals surface area contributed by atoms with Crippen molar-refractivity contribution >= 4 is 10.1 Å². The van der Waals surface area contributed by atoms with Crippen LogP contribution in [-0.2, 0) is 10.1 Å². The number of hydrogen-bond donors (Lipinski definition) is 0. The van der Waals surface area contributed by atoms with E-state index in [2.05, 4.69) is 28.1 Å². The molecule has 1 aromatic carbocycles. The minimum atomic E-state index is -4.27. The van der Waals surface area contributed by atoms with Crippen molar-refractivity contribution in [3.05, 3.63) is 29.8 Å². The van der Waals surface area contributed by atoms with Crippen LogP contribution < -0.4 is 0 Å². The molecule has 0 saturated carbocycles. The lowest BCUT2D eigenvalue weighted by Gasteiger charge is -2.23. The first-order valence-electron chi connectivity index (χ1n) is 13.4. The standard InChI is InChI=1S/C21H46N.C7H8O3S/c1-5-6-7-8-9-10-11-12-13-14-15-16-17-18-19-20-21-22(2,3)4;1-6-2-4-7(5-3-6)11(8,9)10/h5-21H2,1-4H3;2-5H,1H3,(H,8,9,10)/q+1;/p-1. The van der Waals surface area contributed by atoms with Gasteiger partial charge in [0, 0.05) is 0 Å². The highest BCUT2D eigenvalue weighted by Crippen LogP contribution is 2.14. The van der Waals surface area contributed by atoms with E-state index in [0.29, 0.717) is 0 Å². The second-order valence-electron chi connectivity index (χ2n) is 10.6. The average Bonchev–Trinajstić information content (AvgIpc) is 2.73. The lowest BCUT2D eigenvalue weighted by Crippen LogP contribution is -2.35. The van der Waals surface area contributed by atoms with Gasteiger partial charge in [-0.2, -0.15) is 0 Å². The van der Waals surface area contributed by atoms with Gasteiger partial charge in [-0.25, -0.2) is 8.42 Å². The second-order valence-corrected chi connectivity index (χ2v) is 12.0. The highest BCUT2D eigenvalue weighted by Gasteiger charge is 2.05. The Morgan fingerprint density at radius 1 is 0.636 bits per heavy atom. The zero-order valence-electron chi connectivity index (χ0n) is 22.4. The zero-order chi connectivity index (χ0) is 25.0. The Kier molecular flexibility index (Phi) is 18.9. The highest BCUT2D eigenvalue weighted by atomic mass is 32.2. The number of benzene rings is 1. The topological polar surface area (TPSA) is 57.2 Å². The Morgan fingerprint density at radius 3 is 1.27 bits per heavy atom. The van der Waals surface area contributed by atoms with Crippen LogP contribution in [0.5, 0.6) is 0 Å². The Labute approximate surface area is 206 Å². The fraction of sp³-hybridized carbons (Fsp3) is 0.786. The van der Waals surface area contributed by atoms with E-state index in [1.165, 1.54) is 121 Å². The van der Waals surface area contributed by atoms with E-state index in [1.807, 2.05) is 6.92 Å². The quantitative estimate of drug-likeness (QED) is 0.121. The van der Waals surface area contributed by atoms with Crippen molar-refractivity contribution in [2.24, 2.45) is 0 Å². The second kappa shape index (κ2) is 19.4. The summed E-state index contributed by atoms with van der Waals surface area (Å²) in [5.41, 5.74) is 0.928. The minimum absolute atomic E-state index is 0.178. The third kappa shape index (κ3) is 22.6. The highest BCUT2D eigenvalue weighted by molar-refractivity contribution is 7.85. The van der Waals surface area contributed by atoms with Crippen molar-refractivity contribution in [2.75, 3.05) is 27.7 Å². The number of rotatable bonds is 18. The maximum atomic E-state index is 10.4. The number of aryl methyl sites for hydroxylation is 1. The van der Waals surface area contributed by atoms with Gasteiger partial charge in [-0.1, -0.05) is 115 Å². The first-order valence-corrected chi connectivity index (χ1v) is 14.8. The van der Waals surface area contributed by atoms with Crippen LogP contribution in [0.3, 0.4) is 0 Å². The summed E-state index contributed by atoms with van der Waals surface area (Å²) in [5, 5.41) is 0. The van der Waals surface area contributed by atoms with Crippen molar-refractivity contribution in [1.82, 2.24) is 0 Å². The van der Waals surface area contributed by atoms with Crippen molar-refractivity contribution in [2.45, 2.75) is 121 Å². The van der Waals surface area contributed by atoms with Crippen LogP contribution in [0.4, 0.5) is 0 Å². The third-order valence-electron chi connectivity index (χ3n) is 5.99. The number of quaternary nitrogens is 1. The van der Waals surface area contributed by atoms with Crippen LogP contribution in [0.25, 0.3) is 0 Å². The van der Waals surface area contributed by atoms with E-state index >= 15 is 0 Å². The van der Waals surface area contributed by atoms with E-state index in [4.69, 9.17) is 0 Å². The molecule has 0 radical (unpaired) electrons. The molecule has 0 unspecified atom stereocenters. The summed E-state index contributed by atoms with van der Waals surface area (Å²) in [7, 11) is 2.62. The predicted molar refractivity (Wildman–Crippen MR) is 142 cm³/mol. The summed E-state index contributed by atoms with van der Waals surface area (Å²) in [5.74, 6) is 0. The average molecular weight is 484 g/mol. The normalized spacial score (nSPS) is 11.8. The van der Waals surface area contributed by atoms with Crippen LogP contribution >= 0.6 is 0 Å². The lowest BCUT2D eigenvalue weighted by atomic mass is 10.0. The van der Waals surface area contributed by atoms with Crippen molar-refractivity contribution < 1.29 is 17.5 Å². The van der Waals surface area contributed by atoms with Crippen LogP contribution in [0, 0.1) is 6.92 Å². The van der Waals surface area contributed by atoms with Gasteiger partial charge >= 0.3 is 0 Å². The molecule has 0 aliphatic rings. The number of unbranched alkanes of at least 4 members (excludes halogenated alkanes) is 15. The van der Waals surface area contributed by atoms with Crippen LogP contribution in [-0.4, -0.2) is 45.1 Å². The van der Waals surface area contributed by atoms with Crippen molar-refractivity contribution in [3.8, 4) is 0 Å². The summed E-state index contributed by atoms with van der Waals surface area (Å²) in [6, 6.07) is 5.78. The van der Waals surface area contributed by atoms with Gasteiger partial charge in [-0.15, -0.1) is 0 Å². The number of nitrogens with zero attached hydrogens (tertiary/aromatic N) is 1. The van der Waals surface area contributed by atoms with Gasteiger partial charge in [-0.3, -0.25) is 0 Å². The molecule has 5 heteroatoms. The van der Waals surface area contributed by atoms with Crippen LogP contribution in [0.15, 0.2) is 29.2 Å². The lowest BCUT2D eigenvalue weighted by molar-refractivity contribution is -0.870. The minimum Gasteiger partial charge on any atom is -0.744 e. The SMILES string of the molecule is CCCCCCCCCCCCCCCCCC[N+](C)(C)C.Cc1ccc(S(=O)(=O)[O-])cc1. The van der Waals surface area contributed by atoms with E-state index in [0.717, 1.165) is 10.0 Å². The maximum Gasteiger partial charge on any atom is 0.124 e. The van der Waals surface area contributed by atoms with Crippen LogP contribution in [0.1, 0.15) is 115 Å². The summed E-state index contributed by atoms with van der Waals surface area (Å²) in [4.78, 5) is -0.178. The summed E-state index contributed by atoms with van der Waals surface area (Å²) < 4.78 is 32.3. The molecule has 0 aromatic heterocycles. The molecule has 0 fully saturated rings. The molecule has 0 N–H and O–H groups in total. The monoisotopic (exact) mass is 483 g/mol. The maximum absolute atomic E-state index is 10.4. The van der Waals surface area contributed by atoms with Gasteiger partial charge in [0.25, 0.3) is 0 Å². The molecule has 0 spiro atoms. The first kappa shape index (κ1) is 32.1. The first-order chi connectivity index (χ1) is 15.6. The Balaban J connectivity index is 0.000000771. The molecule has 0 aliphatic carbocycles. The van der Waals surface area contributed by atoms with Crippen molar-refractivity contribution in [1.29, 1.82) is 0 Å². The molecule has 0 saturated heterocycles. The Bertz CT molecular complexity index is 663. The molecule has 1 rings (SSSR count). The zero-order valence-corrected chi connectivity index (χ0v) is 23.2.